The van der Waals surface area contributed by atoms with Crippen molar-refractivity contribution in [1.82, 2.24) is 0 Å². The Morgan fingerprint density at radius 2 is 1.64 bits per heavy atom. The summed E-state index contributed by atoms with van der Waals surface area (Å²) < 4.78 is 0. The number of hydrogen-bond acceptors (Lipinski definition) is 5. The SMILES string of the molecule is CC.CC1CCCCC1.CSCC(N)C(C)=O.CSCCCC(C)=N. The standard InChI is InChI=1S/C7H14.C6H13NS.C5H11NOS.C2H6/c1-7-5-3-2-4-6-7;1-6(7)4-3-5-8-2;1-4(7)5(6)3-8-2;1-2/h7H,2-6H2,1H3;7H,3-5H2,1-2H3;5H,3,6H2,1-2H3;1-2H3. The molecule has 0 spiro atoms. The minimum atomic E-state index is -0.259. The van der Waals surface area contributed by atoms with Crippen LogP contribution in [0, 0.1) is 11.3 Å². The van der Waals surface area contributed by atoms with Gasteiger partial charge < -0.3 is 11.1 Å². The molecule has 0 aromatic heterocycles. The van der Waals surface area contributed by atoms with E-state index in [1.54, 1.807) is 11.8 Å². The summed E-state index contributed by atoms with van der Waals surface area (Å²) in [6.07, 6.45) is 13.6. The Morgan fingerprint density at radius 1 is 1.12 bits per heavy atom. The third kappa shape index (κ3) is 29.0. The summed E-state index contributed by atoms with van der Waals surface area (Å²) in [6.45, 7) is 9.74. The van der Waals surface area contributed by atoms with Crippen molar-refractivity contribution in [3.63, 3.8) is 0 Å². The van der Waals surface area contributed by atoms with Crippen LogP contribution in [0.2, 0.25) is 0 Å². The summed E-state index contributed by atoms with van der Waals surface area (Å²) in [7, 11) is 0. The van der Waals surface area contributed by atoms with Crippen molar-refractivity contribution in [2.75, 3.05) is 24.0 Å². The predicted octanol–water partition coefficient (Wildman–Crippen LogP) is 6.05. The molecule has 5 heteroatoms. The van der Waals surface area contributed by atoms with Gasteiger partial charge in [-0.2, -0.15) is 23.5 Å². The van der Waals surface area contributed by atoms with Crippen molar-refractivity contribution in [3.8, 4) is 0 Å². The number of rotatable bonds is 7. The molecule has 1 aliphatic rings. The number of thioether (sulfide) groups is 2. The molecule has 0 aromatic rings. The Labute approximate surface area is 166 Å². The second-order valence-electron chi connectivity index (χ2n) is 6.29. The maximum Gasteiger partial charge on any atom is 0.147 e. The minimum Gasteiger partial charge on any atom is -0.321 e. The molecule has 25 heavy (non-hydrogen) atoms. The van der Waals surface area contributed by atoms with Crippen molar-refractivity contribution < 1.29 is 4.79 Å². The van der Waals surface area contributed by atoms with Crippen LogP contribution < -0.4 is 5.73 Å². The van der Waals surface area contributed by atoms with E-state index >= 15 is 0 Å². The fourth-order valence-corrected chi connectivity index (χ4v) is 3.11. The van der Waals surface area contributed by atoms with E-state index in [1.807, 2.05) is 38.8 Å². The minimum absolute atomic E-state index is 0.0688. The van der Waals surface area contributed by atoms with Gasteiger partial charge in [0.25, 0.3) is 0 Å². The van der Waals surface area contributed by atoms with Crippen molar-refractivity contribution in [1.29, 1.82) is 5.41 Å². The first-order valence-electron chi connectivity index (χ1n) is 9.63. The zero-order chi connectivity index (χ0) is 20.1. The van der Waals surface area contributed by atoms with E-state index in [2.05, 4.69) is 13.2 Å². The zero-order valence-corrected chi connectivity index (χ0v) is 19.5. The molecule has 0 heterocycles. The number of hydrogen-bond donors (Lipinski definition) is 2. The molecule has 0 aromatic carbocycles. The number of Topliss-reactive ketones (excluding diaryl/α,β-unsaturated/α-hetero) is 1. The van der Waals surface area contributed by atoms with Gasteiger partial charge in [-0.15, -0.1) is 0 Å². The van der Waals surface area contributed by atoms with Gasteiger partial charge in [0.2, 0.25) is 0 Å². The Morgan fingerprint density at radius 3 is 1.88 bits per heavy atom. The molecule has 1 atom stereocenters. The van der Waals surface area contributed by atoms with Gasteiger partial charge in [0.15, 0.2) is 0 Å². The molecule has 0 saturated heterocycles. The molecule has 1 saturated carbocycles. The van der Waals surface area contributed by atoms with E-state index in [9.17, 15) is 4.79 Å². The van der Waals surface area contributed by atoms with Gasteiger partial charge in [-0.25, -0.2) is 0 Å². The largest absolute Gasteiger partial charge is 0.321 e. The molecule has 0 radical (unpaired) electrons. The van der Waals surface area contributed by atoms with E-state index in [-0.39, 0.29) is 11.8 Å². The quantitative estimate of drug-likeness (QED) is 0.409. The highest BCUT2D eigenvalue weighted by molar-refractivity contribution is 7.98. The van der Waals surface area contributed by atoms with Gasteiger partial charge >= 0.3 is 0 Å². The summed E-state index contributed by atoms with van der Waals surface area (Å²) in [6, 6.07) is -0.259. The molecule has 1 unspecified atom stereocenters. The lowest BCUT2D eigenvalue weighted by Crippen LogP contribution is -2.30. The molecule has 1 rings (SSSR count). The number of ketones is 1. The molecule has 1 fully saturated rings. The summed E-state index contributed by atoms with van der Waals surface area (Å²) in [5.41, 5.74) is 6.16. The fourth-order valence-electron chi connectivity index (χ4n) is 2.09. The Hall–Kier alpha value is -0.0000000000000000555. The lowest BCUT2D eigenvalue weighted by molar-refractivity contribution is -0.117. The molecule has 0 amide bonds. The van der Waals surface area contributed by atoms with Crippen LogP contribution in [0.4, 0.5) is 0 Å². The number of nitrogens with one attached hydrogen (secondary N) is 1. The van der Waals surface area contributed by atoms with Crippen molar-refractivity contribution in [3.05, 3.63) is 0 Å². The fraction of sp³-hybridized carbons (Fsp3) is 0.900. The summed E-state index contributed by atoms with van der Waals surface area (Å²) >= 11 is 3.44. The molecule has 0 aliphatic heterocycles. The molecule has 0 bridgehead atoms. The third-order valence-electron chi connectivity index (χ3n) is 3.66. The third-order valence-corrected chi connectivity index (χ3v) is 5.05. The van der Waals surface area contributed by atoms with Crippen LogP contribution in [0.25, 0.3) is 0 Å². The lowest BCUT2D eigenvalue weighted by atomic mass is 9.91. The van der Waals surface area contributed by atoms with Gasteiger partial charge in [0, 0.05) is 11.5 Å². The van der Waals surface area contributed by atoms with E-state index in [4.69, 9.17) is 11.1 Å². The second-order valence-corrected chi connectivity index (χ2v) is 8.19. The van der Waals surface area contributed by atoms with Crippen molar-refractivity contribution in [2.24, 2.45) is 11.7 Å². The second kappa shape index (κ2) is 24.0. The molecule has 152 valence electrons. The highest BCUT2D eigenvalue weighted by atomic mass is 32.2. The predicted molar refractivity (Wildman–Crippen MR) is 122 cm³/mol. The summed E-state index contributed by atoms with van der Waals surface area (Å²) in [4.78, 5) is 10.4. The molecule has 3 nitrogen and oxygen atoms in total. The first-order chi connectivity index (χ1) is 11.8. The topological polar surface area (TPSA) is 66.9 Å². The van der Waals surface area contributed by atoms with Gasteiger partial charge in [-0.3, -0.25) is 4.79 Å². The van der Waals surface area contributed by atoms with Crippen LogP contribution >= 0.6 is 23.5 Å². The Kier molecular flexibility index (Phi) is 28.6. The van der Waals surface area contributed by atoms with Crippen LogP contribution in [-0.2, 0) is 4.79 Å². The lowest BCUT2D eigenvalue weighted by Gasteiger charge is -2.15. The maximum absolute atomic E-state index is 10.4. The first-order valence-corrected chi connectivity index (χ1v) is 12.4. The normalized spacial score (nSPS) is 14.6. The molecule has 1 aliphatic carbocycles. The highest BCUT2D eigenvalue weighted by Gasteiger charge is 2.06. The first kappa shape index (κ1) is 29.8. The Balaban J connectivity index is -0.000000276. The van der Waals surface area contributed by atoms with Crippen LogP contribution in [-0.4, -0.2) is 41.6 Å². The average Bonchev–Trinajstić information content (AvgIpc) is 2.59. The maximum atomic E-state index is 10.4. The number of carbonyl (C=O) groups is 1. The monoisotopic (exact) mass is 392 g/mol. The Bertz CT molecular complexity index is 293. The zero-order valence-electron chi connectivity index (χ0n) is 17.8. The smallest absolute Gasteiger partial charge is 0.147 e. The summed E-state index contributed by atoms with van der Waals surface area (Å²) in [5.74, 6) is 3.03. The number of nitrogens with two attached hydrogens (primary N) is 1. The summed E-state index contributed by atoms with van der Waals surface area (Å²) in [5, 5.41) is 7.06. The van der Waals surface area contributed by atoms with Crippen LogP contribution in [0.3, 0.4) is 0 Å². The van der Waals surface area contributed by atoms with Gasteiger partial charge in [-0.1, -0.05) is 52.9 Å². The van der Waals surface area contributed by atoms with Crippen molar-refractivity contribution in [2.45, 2.75) is 85.6 Å². The van der Waals surface area contributed by atoms with E-state index in [0.29, 0.717) is 0 Å². The molecule has 3 N–H and O–H groups in total. The molecular formula is C20H44N2OS2. The van der Waals surface area contributed by atoms with Gasteiger partial charge in [0.05, 0.1) is 6.04 Å². The van der Waals surface area contributed by atoms with Gasteiger partial charge in [0.1, 0.15) is 5.78 Å². The van der Waals surface area contributed by atoms with Crippen LogP contribution in [0.5, 0.6) is 0 Å². The average molecular weight is 393 g/mol. The van der Waals surface area contributed by atoms with E-state index in [1.165, 1.54) is 44.8 Å². The van der Waals surface area contributed by atoms with Crippen LogP contribution in [0.15, 0.2) is 0 Å². The number of carbonyl (C=O) groups excluding carboxylic acids is 1. The molecular weight excluding hydrogens is 348 g/mol. The van der Waals surface area contributed by atoms with E-state index < -0.39 is 0 Å². The van der Waals surface area contributed by atoms with Crippen molar-refractivity contribution >= 4 is 35.0 Å². The van der Waals surface area contributed by atoms with E-state index in [0.717, 1.165) is 30.2 Å². The highest BCUT2D eigenvalue weighted by Crippen LogP contribution is 2.22. The van der Waals surface area contributed by atoms with Crippen LogP contribution in [0.1, 0.15) is 79.6 Å². The van der Waals surface area contributed by atoms with Gasteiger partial charge in [-0.05, 0) is 50.9 Å².